The van der Waals surface area contributed by atoms with Crippen LogP contribution in [0.15, 0.2) is 24.3 Å². The summed E-state index contributed by atoms with van der Waals surface area (Å²) in [6.07, 6.45) is 0. The van der Waals surface area contributed by atoms with E-state index in [1.54, 1.807) is 7.11 Å². The minimum Gasteiger partial charge on any atom is -0.496 e. The number of nitrogens with one attached hydrogen (secondary N) is 1. The smallest absolute Gasteiger partial charge is 0.165 e. The number of nitrogens with zero attached hydrogens (tertiary/aromatic N) is 2. The van der Waals surface area contributed by atoms with E-state index in [-0.39, 0.29) is 5.41 Å². The average molecular weight is 286 g/mol. The Morgan fingerprint density at radius 3 is 2.43 bits per heavy atom. The summed E-state index contributed by atoms with van der Waals surface area (Å²) in [5.74, 6) is 7.48. The number of nitrogen functional groups attached to an aromatic ring is 1. The van der Waals surface area contributed by atoms with Gasteiger partial charge in [0, 0.05) is 11.5 Å². The summed E-state index contributed by atoms with van der Waals surface area (Å²) in [5.41, 5.74) is 5.41. The van der Waals surface area contributed by atoms with Crippen LogP contribution in [-0.4, -0.2) is 17.1 Å². The maximum absolute atomic E-state index is 5.53. The molecule has 3 N–H and O–H groups in total. The Hall–Kier alpha value is -2.14. The minimum atomic E-state index is -0.0960. The van der Waals surface area contributed by atoms with Crippen molar-refractivity contribution in [1.82, 2.24) is 9.97 Å². The molecule has 0 aliphatic carbocycles. The van der Waals surface area contributed by atoms with Crippen LogP contribution in [-0.2, 0) is 5.41 Å². The van der Waals surface area contributed by atoms with Crippen LogP contribution in [0.25, 0.3) is 11.4 Å². The molecule has 0 saturated carbocycles. The van der Waals surface area contributed by atoms with Gasteiger partial charge < -0.3 is 10.2 Å². The number of methoxy groups -OCH3 is 1. The molecule has 5 heteroatoms. The van der Waals surface area contributed by atoms with Gasteiger partial charge in [-0.05, 0) is 24.6 Å². The van der Waals surface area contributed by atoms with Gasteiger partial charge in [0.05, 0.1) is 18.4 Å². The van der Waals surface area contributed by atoms with E-state index in [1.807, 2.05) is 31.2 Å². The lowest BCUT2D eigenvalue weighted by Crippen LogP contribution is -2.17. The normalized spacial score (nSPS) is 11.3. The zero-order chi connectivity index (χ0) is 15.6. The first-order chi connectivity index (χ1) is 9.85. The second-order valence-electron chi connectivity index (χ2n) is 6.06. The Labute approximate surface area is 125 Å². The van der Waals surface area contributed by atoms with E-state index in [0.717, 1.165) is 22.6 Å². The summed E-state index contributed by atoms with van der Waals surface area (Å²) in [5, 5.41) is 0. The number of hydrazine groups is 1. The molecule has 0 spiro atoms. The van der Waals surface area contributed by atoms with Gasteiger partial charge in [-0.15, -0.1) is 0 Å². The molecule has 0 aliphatic rings. The topological polar surface area (TPSA) is 73.1 Å². The zero-order valence-corrected chi connectivity index (χ0v) is 13.2. The highest BCUT2D eigenvalue weighted by molar-refractivity contribution is 5.66. The first-order valence-electron chi connectivity index (χ1n) is 6.86. The fourth-order valence-corrected chi connectivity index (χ4v) is 2.01. The minimum absolute atomic E-state index is 0.0960. The second kappa shape index (κ2) is 5.69. The monoisotopic (exact) mass is 286 g/mol. The number of anilines is 1. The van der Waals surface area contributed by atoms with Crippen molar-refractivity contribution in [2.24, 2.45) is 5.84 Å². The van der Waals surface area contributed by atoms with Crippen molar-refractivity contribution in [3.8, 4) is 17.1 Å². The summed E-state index contributed by atoms with van der Waals surface area (Å²) in [4.78, 5) is 9.12. The molecule has 0 amide bonds. The summed E-state index contributed by atoms with van der Waals surface area (Å²) >= 11 is 0. The molecule has 0 bridgehead atoms. The third kappa shape index (κ3) is 3.31. The number of benzene rings is 1. The molecule has 21 heavy (non-hydrogen) atoms. The Morgan fingerprint density at radius 1 is 1.14 bits per heavy atom. The zero-order valence-electron chi connectivity index (χ0n) is 13.2. The largest absolute Gasteiger partial charge is 0.496 e. The molecule has 0 atom stereocenters. The maximum atomic E-state index is 5.53. The molecule has 112 valence electrons. The van der Waals surface area contributed by atoms with Crippen LogP contribution in [0.4, 0.5) is 5.82 Å². The molecule has 0 unspecified atom stereocenters. The van der Waals surface area contributed by atoms with Crippen LogP contribution in [0.3, 0.4) is 0 Å². The van der Waals surface area contributed by atoms with E-state index in [4.69, 9.17) is 10.6 Å². The van der Waals surface area contributed by atoms with Gasteiger partial charge in [0.1, 0.15) is 11.6 Å². The van der Waals surface area contributed by atoms with Gasteiger partial charge in [-0.1, -0.05) is 26.8 Å². The Morgan fingerprint density at radius 2 is 1.86 bits per heavy atom. The van der Waals surface area contributed by atoms with E-state index < -0.39 is 0 Å². The number of ether oxygens (including phenoxy) is 1. The first-order valence-corrected chi connectivity index (χ1v) is 6.86. The Kier molecular flexibility index (Phi) is 4.14. The van der Waals surface area contributed by atoms with Crippen LogP contribution in [0.1, 0.15) is 32.0 Å². The van der Waals surface area contributed by atoms with Crippen molar-refractivity contribution in [3.63, 3.8) is 0 Å². The number of hydrogen-bond acceptors (Lipinski definition) is 5. The summed E-state index contributed by atoms with van der Waals surface area (Å²) < 4.78 is 5.45. The fourth-order valence-electron chi connectivity index (χ4n) is 2.01. The molecular weight excluding hydrogens is 264 g/mol. The van der Waals surface area contributed by atoms with Crippen LogP contribution < -0.4 is 16.0 Å². The van der Waals surface area contributed by atoms with Gasteiger partial charge in [-0.2, -0.15) is 0 Å². The van der Waals surface area contributed by atoms with E-state index in [9.17, 15) is 0 Å². The molecule has 0 radical (unpaired) electrons. The number of nitrogens with two attached hydrogens (primary N) is 1. The first kappa shape index (κ1) is 15.3. The van der Waals surface area contributed by atoms with E-state index >= 15 is 0 Å². The van der Waals surface area contributed by atoms with Crippen molar-refractivity contribution >= 4 is 5.82 Å². The fraction of sp³-hybridized carbons (Fsp3) is 0.375. The predicted octanol–water partition coefficient (Wildman–Crippen LogP) is 3.04. The van der Waals surface area contributed by atoms with E-state index in [1.165, 1.54) is 0 Å². The third-order valence-corrected chi connectivity index (χ3v) is 3.24. The Bertz CT molecular complexity index is 647. The average Bonchev–Trinajstić information content (AvgIpc) is 2.45. The van der Waals surface area contributed by atoms with E-state index in [2.05, 4.69) is 36.2 Å². The molecule has 0 fully saturated rings. The number of aromatic nitrogens is 2. The SMILES string of the molecule is COc1cc(C)ccc1-c1nc(NN)cc(C(C)(C)C)n1. The molecule has 1 aromatic carbocycles. The standard InChI is InChI=1S/C16H22N4O/c1-10-6-7-11(12(8-10)21-5)15-18-13(16(2,3)4)9-14(19-15)20-17/h6-9H,17H2,1-5H3,(H,18,19,20). The molecule has 1 aromatic heterocycles. The summed E-state index contributed by atoms with van der Waals surface area (Å²) in [7, 11) is 1.65. The lowest BCUT2D eigenvalue weighted by molar-refractivity contribution is 0.415. The maximum Gasteiger partial charge on any atom is 0.165 e. The van der Waals surface area contributed by atoms with Crippen LogP contribution in [0, 0.1) is 6.92 Å². The molecular formula is C16H22N4O. The Balaban J connectivity index is 2.63. The quantitative estimate of drug-likeness (QED) is 0.670. The highest BCUT2D eigenvalue weighted by atomic mass is 16.5. The van der Waals surface area contributed by atoms with E-state index in [0.29, 0.717) is 11.6 Å². The number of hydrogen-bond donors (Lipinski definition) is 2. The van der Waals surface area contributed by atoms with Crippen molar-refractivity contribution < 1.29 is 4.74 Å². The second-order valence-corrected chi connectivity index (χ2v) is 6.06. The summed E-state index contributed by atoms with van der Waals surface area (Å²) in [6, 6.07) is 7.82. The van der Waals surface area contributed by atoms with Gasteiger partial charge in [0.25, 0.3) is 0 Å². The predicted molar refractivity (Wildman–Crippen MR) is 85.3 cm³/mol. The molecule has 0 aliphatic heterocycles. The molecule has 1 heterocycles. The van der Waals surface area contributed by atoms with Crippen molar-refractivity contribution in [1.29, 1.82) is 0 Å². The molecule has 2 rings (SSSR count). The van der Waals surface area contributed by atoms with Crippen LogP contribution in [0.5, 0.6) is 5.75 Å². The van der Waals surface area contributed by atoms with Gasteiger partial charge >= 0.3 is 0 Å². The number of aryl methyl sites for hydroxylation is 1. The van der Waals surface area contributed by atoms with Crippen molar-refractivity contribution in [2.75, 3.05) is 12.5 Å². The van der Waals surface area contributed by atoms with Gasteiger partial charge in [-0.25, -0.2) is 15.8 Å². The van der Waals surface area contributed by atoms with Crippen LogP contribution >= 0.6 is 0 Å². The molecule has 2 aromatic rings. The van der Waals surface area contributed by atoms with Crippen molar-refractivity contribution in [2.45, 2.75) is 33.1 Å². The highest BCUT2D eigenvalue weighted by Crippen LogP contribution is 2.31. The molecule has 5 nitrogen and oxygen atoms in total. The highest BCUT2D eigenvalue weighted by Gasteiger charge is 2.19. The van der Waals surface area contributed by atoms with Gasteiger partial charge in [0.15, 0.2) is 5.82 Å². The van der Waals surface area contributed by atoms with Gasteiger partial charge in [0.2, 0.25) is 0 Å². The lowest BCUT2D eigenvalue weighted by atomic mass is 9.91. The van der Waals surface area contributed by atoms with Crippen molar-refractivity contribution in [3.05, 3.63) is 35.5 Å². The lowest BCUT2D eigenvalue weighted by Gasteiger charge is -2.19. The van der Waals surface area contributed by atoms with Gasteiger partial charge in [-0.3, -0.25) is 0 Å². The van der Waals surface area contributed by atoms with Crippen LogP contribution in [0.2, 0.25) is 0 Å². The number of rotatable bonds is 3. The summed E-state index contributed by atoms with van der Waals surface area (Å²) in [6.45, 7) is 8.33. The third-order valence-electron chi connectivity index (χ3n) is 3.24. The molecule has 0 saturated heterocycles.